The number of amides is 1. The van der Waals surface area contributed by atoms with Crippen molar-refractivity contribution in [3.8, 4) is 5.75 Å². The van der Waals surface area contributed by atoms with Gasteiger partial charge in [-0.05, 0) is 43.7 Å². The Balaban J connectivity index is 1.78. The lowest BCUT2D eigenvalue weighted by atomic mass is 10.2. The van der Waals surface area contributed by atoms with E-state index in [0.29, 0.717) is 43.2 Å². The fourth-order valence-corrected chi connectivity index (χ4v) is 1.97. The summed E-state index contributed by atoms with van der Waals surface area (Å²) in [5, 5.41) is 11.3. The van der Waals surface area contributed by atoms with Gasteiger partial charge in [0.25, 0.3) is 5.91 Å². The van der Waals surface area contributed by atoms with E-state index in [2.05, 4.69) is 5.32 Å². The normalized spacial score (nSPS) is 13.7. The minimum Gasteiger partial charge on any atom is -0.492 e. The fraction of sp³-hybridized carbons (Fsp3) is 0.500. The molecular formula is C16H21NO4. The molecule has 1 aromatic rings. The lowest BCUT2D eigenvalue weighted by molar-refractivity contribution is -0.137. The maximum absolute atomic E-state index is 12.1. The number of carboxylic acids is 1. The van der Waals surface area contributed by atoms with Crippen LogP contribution in [0.4, 0.5) is 0 Å². The Hall–Kier alpha value is -2.04. The molecule has 1 aliphatic carbocycles. The van der Waals surface area contributed by atoms with Crippen molar-refractivity contribution in [2.24, 2.45) is 5.92 Å². The minimum absolute atomic E-state index is 0.136. The molecule has 5 nitrogen and oxygen atoms in total. The molecule has 0 spiro atoms. The summed E-state index contributed by atoms with van der Waals surface area (Å²) in [6.07, 6.45) is 3.77. The number of carbonyl (C=O) groups is 2. The van der Waals surface area contributed by atoms with Crippen molar-refractivity contribution in [1.29, 1.82) is 0 Å². The molecule has 0 bridgehead atoms. The Kier molecular flexibility index (Phi) is 5.60. The second kappa shape index (κ2) is 7.67. The zero-order valence-electron chi connectivity index (χ0n) is 12.0. The molecule has 1 fully saturated rings. The van der Waals surface area contributed by atoms with E-state index in [0.717, 1.165) is 0 Å². The van der Waals surface area contributed by atoms with Crippen molar-refractivity contribution in [3.63, 3.8) is 0 Å². The number of nitrogens with one attached hydrogen (secondary N) is 1. The maximum atomic E-state index is 12.1. The predicted molar refractivity (Wildman–Crippen MR) is 78.5 cm³/mol. The first-order chi connectivity index (χ1) is 10.2. The molecule has 0 aromatic heterocycles. The summed E-state index contributed by atoms with van der Waals surface area (Å²) in [6.45, 7) is 1.14. The smallest absolute Gasteiger partial charge is 0.303 e. The number of benzene rings is 1. The van der Waals surface area contributed by atoms with Gasteiger partial charge in [-0.15, -0.1) is 0 Å². The van der Waals surface area contributed by atoms with E-state index in [9.17, 15) is 9.59 Å². The molecule has 1 aromatic carbocycles. The summed E-state index contributed by atoms with van der Waals surface area (Å²) in [6, 6.07) is 7.21. The molecule has 21 heavy (non-hydrogen) atoms. The predicted octanol–water partition coefficient (Wildman–Crippen LogP) is 2.46. The third-order valence-corrected chi connectivity index (χ3v) is 3.41. The van der Waals surface area contributed by atoms with Crippen molar-refractivity contribution in [3.05, 3.63) is 29.8 Å². The zero-order valence-corrected chi connectivity index (χ0v) is 12.0. The van der Waals surface area contributed by atoms with Crippen LogP contribution in [0.3, 0.4) is 0 Å². The molecule has 1 amide bonds. The average Bonchev–Trinajstić information content (AvgIpc) is 3.28. The quantitative estimate of drug-likeness (QED) is 0.685. The lowest BCUT2D eigenvalue weighted by Gasteiger charge is -2.11. The van der Waals surface area contributed by atoms with E-state index < -0.39 is 5.97 Å². The van der Waals surface area contributed by atoms with Gasteiger partial charge in [-0.3, -0.25) is 9.59 Å². The van der Waals surface area contributed by atoms with Crippen LogP contribution in [0.15, 0.2) is 24.3 Å². The number of rotatable bonds is 9. The van der Waals surface area contributed by atoms with E-state index in [1.807, 2.05) is 18.2 Å². The highest BCUT2D eigenvalue weighted by Gasteiger charge is 2.22. The number of hydrogen-bond acceptors (Lipinski definition) is 3. The Labute approximate surface area is 124 Å². The summed E-state index contributed by atoms with van der Waals surface area (Å²) >= 11 is 0. The second-order valence-corrected chi connectivity index (χ2v) is 5.36. The van der Waals surface area contributed by atoms with Crippen LogP contribution >= 0.6 is 0 Å². The van der Waals surface area contributed by atoms with E-state index in [4.69, 9.17) is 9.84 Å². The maximum Gasteiger partial charge on any atom is 0.303 e. The van der Waals surface area contributed by atoms with Crippen molar-refractivity contribution in [2.45, 2.75) is 32.1 Å². The SMILES string of the molecule is O=C(O)CCCCNC(=O)c1ccccc1OCC1CC1. The second-order valence-electron chi connectivity index (χ2n) is 5.36. The van der Waals surface area contributed by atoms with Gasteiger partial charge in [-0.2, -0.15) is 0 Å². The Bertz CT molecular complexity index is 497. The topological polar surface area (TPSA) is 75.6 Å². The van der Waals surface area contributed by atoms with E-state index >= 15 is 0 Å². The third-order valence-electron chi connectivity index (χ3n) is 3.41. The molecule has 0 heterocycles. The monoisotopic (exact) mass is 291 g/mol. The van der Waals surface area contributed by atoms with Crippen LogP contribution in [0, 0.1) is 5.92 Å². The van der Waals surface area contributed by atoms with Crippen molar-refractivity contribution >= 4 is 11.9 Å². The first kappa shape index (κ1) is 15.4. The van der Waals surface area contributed by atoms with Crippen LogP contribution < -0.4 is 10.1 Å². The summed E-state index contributed by atoms with van der Waals surface area (Å²) < 4.78 is 5.70. The number of carboxylic acid groups (broad SMARTS) is 1. The van der Waals surface area contributed by atoms with E-state index in [-0.39, 0.29) is 12.3 Å². The van der Waals surface area contributed by atoms with Gasteiger partial charge in [-0.1, -0.05) is 12.1 Å². The number of hydrogen-bond donors (Lipinski definition) is 2. The molecule has 5 heteroatoms. The minimum atomic E-state index is -0.805. The first-order valence-electron chi connectivity index (χ1n) is 7.38. The van der Waals surface area contributed by atoms with Crippen molar-refractivity contribution in [1.82, 2.24) is 5.32 Å². The molecule has 2 N–H and O–H groups in total. The molecule has 0 radical (unpaired) electrons. The van der Waals surface area contributed by atoms with Gasteiger partial charge in [0.05, 0.1) is 12.2 Å². The molecule has 0 unspecified atom stereocenters. The highest BCUT2D eigenvalue weighted by molar-refractivity contribution is 5.96. The van der Waals surface area contributed by atoms with E-state index in [1.54, 1.807) is 6.07 Å². The zero-order chi connectivity index (χ0) is 15.1. The largest absolute Gasteiger partial charge is 0.492 e. The van der Waals surface area contributed by atoms with Gasteiger partial charge in [0.15, 0.2) is 0 Å². The van der Waals surface area contributed by atoms with Crippen molar-refractivity contribution < 1.29 is 19.4 Å². The van der Waals surface area contributed by atoms with Gasteiger partial charge in [-0.25, -0.2) is 0 Å². The highest BCUT2D eigenvalue weighted by atomic mass is 16.5. The first-order valence-corrected chi connectivity index (χ1v) is 7.38. The number of carbonyl (C=O) groups excluding carboxylic acids is 1. The average molecular weight is 291 g/mol. The lowest BCUT2D eigenvalue weighted by Crippen LogP contribution is -2.25. The number of ether oxygens (including phenoxy) is 1. The summed E-state index contributed by atoms with van der Waals surface area (Å²) in [7, 11) is 0. The van der Waals surface area contributed by atoms with Crippen molar-refractivity contribution in [2.75, 3.05) is 13.2 Å². The molecule has 0 atom stereocenters. The molecule has 2 rings (SSSR count). The van der Waals surface area contributed by atoms with Gasteiger partial charge in [0.2, 0.25) is 0 Å². The van der Waals surface area contributed by atoms with Crippen LogP contribution in [0.25, 0.3) is 0 Å². The molecular weight excluding hydrogens is 270 g/mol. The van der Waals surface area contributed by atoms with Crippen LogP contribution in [-0.2, 0) is 4.79 Å². The van der Waals surface area contributed by atoms with Crippen LogP contribution in [-0.4, -0.2) is 30.1 Å². The number of aliphatic carboxylic acids is 1. The van der Waals surface area contributed by atoms with Crippen LogP contribution in [0.1, 0.15) is 42.5 Å². The Morgan fingerprint density at radius 3 is 2.71 bits per heavy atom. The number of para-hydroxylation sites is 1. The van der Waals surface area contributed by atoms with Gasteiger partial charge >= 0.3 is 5.97 Å². The standard InChI is InChI=1S/C16H21NO4/c18-15(19)7-3-4-10-17-16(20)13-5-1-2-6-14(13)21-11-12-8-9-12/h1-2,5-6,12H,3-4,7-11H2,(H,17,20)(H,18,19). The molecule has 1 saturated carbocycles. The van der Waals surface area contributed by atoms with Gasteiger partial charge < -0.3 is 15.2 Å². The Morgan fingerprint density at radius 1 is 1.24 bits per heavy atom. The third kappa shape index (κ3) is 5.45. The summed E-state index contributed by atoms with van der Waals surface area (Å²) in [5.41, 5.74) is 0.538. The van der Waals surface area contributed by atoms with Crippen LogP contribution in [0.5, 0.6) is 5.75 Å². The molecule has 0 aliphatic heterocycles. The molecule has 0 saturated heterocycles. The summed E-state index contributed by atoms with van der Waals surface area (Å²) in [4.78, 5) is 22.5. The van der Waals surface area contributed by atoms with Gasteiger partial charge in [0.1, 0.15) is 5.75 Å². The number of unbranched alkanes of at least 4 members (excludes halogenated alkanes) is 1. The highest BCUT2D eigenvalue weighted by Crippen LogP contribution is 2.30. The molecule has 114 valence electrons. The Morgan fingerprint density at radius 2 is 2.00 bits per heavy atom. The fourth-order valence-electron chi connectivity index (χ4n) is 1.97. The van der Waals surface area contributed by atoms with E-state index in [1.165, 1.54) is 12.8 Å². The van der Waals surface area contributed by atoms with Crippen LogP contribution in [0.2, 0.25) is 0 Å². The van der Waals surface area contributed by atoms with Gasteiger partial charge in [0, 0.05) is 13.0 Å². The molecule has 1 aliphatic rings. The summed E-state index contributed by atoms with van der Waals surface area (Å²) in [5.74, 6) is 0.279.